The number of methoxy groups -OCH3 is 1. The summed E-state index contributed by atoms with van der Waals surface area (Å²) in [7, 11) is 1.62. The topological polar surface area (TPSA) is 57.5 Å². The van der Waals surface area contributed by atoms with Gasteiger partial charge in [0.25, 0.3) is 5.56 Å². The van der Waals surface area contributed by atoms with Crippen LogP contribution >= 0.6 is 0 Å². The van der Waals surface area contributed by atoms with E-state index >= 15 is 0 Å². The molecule has 0 bridgehead atoms. The number of benzene rings is 2. The predicted octanol–water partition coefficient (Wildman–Crippen LogP) is 3.64. The second kappa shape index (κ2) is 7.77. The zero-order valence-corrected chi connectivity index (χ0v) is 14.0. The maximum absolute atomic E-state index is 12.5. The zero-order chi connectivity index (χ0) is 17.6. The Labute approximate surface area is 145 Å². The van der Waals surface area contributed by atoms with Crippen LogP contribution in [0.1, 0.15) is 16.8 Å². The Morgan fingerprint density at radius 2 is 1.84 bits per heavy atom. The Morgan fingerprint density at radius 3 is 2.56 bits per heavy atom. The summed E-state index contributed by atoms with van der Waals surface area (Å²) in [5, 5.41) is 0.819. The molecule has 0 unspecified atom stereocenters. The zero-order valence-electron chi connectivity index (χ0n) is 14.0. The lowest BCUT2D eigenvalue weighted by atomic mass is 10.1. The SMILES string of the molecule is COCCCn1c(=O)c(C=O)cc2ccc(Oc3ccccc3)cc21. The van der Waals surface area contributed by atoms with E-state index in [9.17, 15) is 9.59 Å². The van der Waals surface area contributed by atoms with Crippen LogP contribution in [-0.2, 0) is 11.3 Å². The Bertz CT molecular complexity index is 932. The van der Waals surface area contributed by atoms with Crippen LogP contribution in [0.2, 0.25) is 0 Å². The highest BCUT2D eigenvalue weighted by molar-refractivity contribution is 5.87. The number of carbonyl (C=O) groups is 1. The predicted molar refractivity (Wildman–Crippen MR) is 96.6 cm³/mol. The average molecular weight is 337 g/mol. The lowest BCUT2D eigenvalue weighted by molar-refractivity contribution is 0.112. The monoisotopic (exact) mass is 337 g/mol. The average Bonchev–Trinajstić information content (AvgIpc) is 2.64. The number of hydrogen-bond donors (Lipinski definition) is 0. The van der Waals surface area contributed by atoms with Gasteiger partial charge in [-0.05, 0) is 42.1 Å². The van der Waals surface area contributed by atoms with Gasteiger partial charge in [-0.15, -0.1) is 0 Å². The quantitative estimate of drug-likeness (QED) is 0.488. The van der Waals surface area contributed by atoms with Gasteiger partial charge in [-0.2, -0.15) is 0 Å². The van der Waals surface area contributed by atoms with Gasteiger partial charge in [0.15, 0.2) is 6.29 Å². The first-order chi connectivity index (χ1) is 12.2. The Hall–Kier alpha value is -2.92. The first-order valence-electron chi connectivity index (χ1n) is 8.07. The summed E-state index contributed by atoms with van der Waals surface area (Å²) < 4.78 is 12.5. The molecule has 0 fully saturated rings. The summed E-state index contributed by atoms with van der Waals surface area (Å²) in [6.07, 6.45) is 1.28. The van der Waals surface area contributed by atoms with Crippen LogP contribution in [0.4, 0.5) is 0 Å². The van der Waals surface area contributed by atoms with Crippen LogP contribution < -0.4 is 10.3 Å². The summed E-state index contributed by atoms with van der Waals surface area (Å²) >= 11 is 0. The maximum atomic E-state index is 12.5. The molecule has 0 spiro atoms. The Morgan fingerprint density at radius 1 is 1.04 bits per heavy atom. The van der Waals surface area contributed by atoms with E-state index in [1.807, 2.05) is 48.5 Å². The summed E-state index contributed by atoms with van der Waals surface area (Å²) in [5.41, 5.74) is 0.595. The highest BCUT2D eigenvalue weighted by Gasteiger charge is 2.10. The molecule has 1 aromatic heterocycles. The van der Waals surface area contributed by atoms with Gasteiger partial charge in [-0.3, -0.25) is 9.59 Å². The molecule has 0 amide bonds. The van der Waals surface area contributed by atoms with Crippen LogP contribution in [0.25, 0.3) is 10.9 Å². The largest absolute Gasteiger partial charge is 0.457 e. The molecule has 0 saturated heterocycles. The first-order valence-corrected chi connectivity index (χ1v) is 8.07. The van der Waals surface area contributed by atoms with Gasteiger partial charge in [0.1, 0.15) is 11.5 Å². The molecule has 0 atom stereocenters. The van der Waals surface area contributed by atoms with Crippen molar-refractivity contribution in [1.82, 2.24) is 4.57 Å². The molecule has 128 valence electrons. The highest BCUT2D eigenvalue weighted by atomic mass is 16.5. The number of rotatable bonds is 7. The van der Waals surface area contributed by atoms with E-state index in [1.165, 1.54) is 0 Å². The molecule has 3 rings (SSSR count). The van der Waals surface area contributed by atoms with E-state index in [-0.39, 0.29) is 11.1 Å². The molecule has 0 aliphatic heterocycles. The van der Waals surface area contributed by atoms with Crippen LogP contribution in [0, 0.1) is 0 Å². The molecule has 3 aromatic rings. The van der Waals surface area contributed by atoms with E-state index in [1.54, 1.807) is 17.7 Å². The second-order valence-corrected chi connectivity index (χ2v) is 5.66. The van der Waals surface area contributed by atoms with E-state index < -0.39 is 0 Å². The number of aryl methyl sites for hydroxylation is 1. The lowest BCUT2D eigenvalue weighted by Crippen LogP contribution is -2.24. The van der Waals surface area contributed by atoms with Crippen molar-refractivity contribution in [3.8, 4) is 11.5 Å². The normalized spacial score (nSPS) is 10.8. The van der Waals surface area contributed by atoms with Crippen LogP contribution in [0.5, 0.6) is 11.5 Å². The Balaban J connectivity index is 2.05. The molecular weight excluding hydrogens is 318 g/mol. The van der Waals surface area contributed by atoms with Gasteiger partial charge in [0.05, 0.1) is 11.1 Å². The molecule has 5 heteroatoms. The fourth-order valence-electron chi connectivity index (χ4n) is 2.74. The van der Waals surface area contributed by atoms with Crippen molar-refractivity contribution >= 4 is 17.2 Å². The van der Waals surface area contributed by atoms with E-state index in [0.717, 1.165) is 16.7 Å². The fourth-order valence-corrected chi connectivity index (χ4v) is 2.74. The Kier molecular flexibility index (Phi) is 5.26. The van der Waals surface area contributed by atoms with Crippen LogP contribution in [-0.4, -0.2) is 24.6 Å². The molecule has 0 aliphatic carbocycles. The standard InChI is InChI=1S/C20H19NO4/c1-24-11-5-10-21-19-13-18(25-17-6-3-2-4-7-17)9-8-15(19)12-16(14-22)20(21)23/h2-4,6-9,12-14H,5,10-11H2,1H3. The third-order valence-electron chi connectivity index (χ3n) is 3.93. The highest BCUT2D eigenvalue weighted by Crippen LogP contribution is 2.25. The number of para-hydroxylation sites is 1. The van der Waals surface area contributed by atoms with Gasteiger partial charge in [0, 0.05) is 26.3 Å². The van der Waals surface area contributed by atoms with Crippen molar-refractivity contribution in [2.75, 3.05) is 13.7 Å². The smallest absolute Gasteiger partial charge is 0.261 e. The van der Waals surface area contributed by atoms with Crippen molar-refractivity contribution in [2.45, 2.75) is 13.0 Å². The minimum Gasteiger partial charge on any atom is -0.457 e. The van der Waals surface area contributed by atoms with Gasteiger partial charge in [-0.1, -0.05) is 18.2 Å². The van der Waals surface area contributed by atoms with Gasteiger partial charge >= 0.3 is 0 Å². The third kappa shape index (κ3) is 3.78. The molecule has 1 heterocycles. The summed E-state index contributed by atoms with van der Waals surface area (Å²) in [6, 6.07) is 16.6. The number of ether oxygens (including phenoxy) is 2. The van der Waals surface area contributed by atoms with Crippen LogP contribution in [0.3, 0.4) is 0 Å². The minimum atomic E-state index is -0.296. The summed E-state index contributed by atoms with van der Waals surface area (Å²) in [6.45, 7) is 1.01. The lowest BCUT2D eigenvalue weighted by Gasteiger charge is -2.13. The van der Waals surface area contributed by atoms with E-state index in [4.69, 9.17) is 9.47 Å². The van der Waals surface area contributed by atoms with Gasteiger partial charge in [-0.25, -0.2) is 0 Å². The van der Waals surface area contributed by atoms with E-state index in [2.05, 4.69) is 0 Å². The number of pyridine rings is 1. The fraction of sp³-hybridized carbons (Fsp3) is 0.200. The number of fused-ring (bicyclic) bond motifs is 1. The number of aldehydes is 1. The third-order valence-corrected chi connectivity index (χ3v) is 3.93. The number of nitrogens with zero attached hydrogens (tertiary/aromatic N) is 1. The molecule has 0 aliphatic rings. The van der Waals surface area contributed by atoms with Crippen molar-refractivity contribution in [3.63, 3.8) is 0 Å². The molecular formula is C20H19NO4. The van der Waals surface area contributed by atoms with Crippen molar-refractivity contribution in [1.29, 1.82) is 0 Å². The molecule has 0 N–H and O–H groups in total. The van der Waals surface area contributed by atoms with Crippen molar-refractivity contribution in [2.24, 2.45) is 0 Å². The molecule has 2 aromatic carbocycles. The maximum Gasteiger partial charge on any atom is 0.261 e. The summed E-state index contributed by atoms with van der Waals surface area (Å²) in [5.74, 6) is 1.36. The molecule has 5 nitrogen and oxygen atoms in total. The van der Waals surface area contributed by atoms with Gasteiger partial charge in [0.2, 0.25) is 0 Å². The van der Waals surface area contributed by atoms with Crippen molar-refractivity contribution in [3.05, 3.63) is 70.5 Å². The molecule has 0 saturated carbocycles. The van der Waals surface area contributed by atoms with Crippen LogP contribution in [0.15, 0.2) is 59.4 Å². The number of aromatic nitrogens is 1. The minimum absolute atomic E-state index is 0.154. The second-order valence-electron chi connectivity index (χ2n) is 5.66. The first kappa shape index (κ1) is 16.9. The number of carbonyl (C=O) groups excluding carboxylic acids is 1. The molecule has 25 heavy (non-hydrogen) atoms. The van der Waals surface area contributed by atoms with E-state index in [0.29, 0.717) is 31.6 Å². The number of hydrogen-bond acceptors (Lipinski definition) is 4. The van der Waals surface area contributed by atoms with Gasteiger partial charge < -0.3 is 14.0 Å². The van der Waals surface area contributed by atoms with Crippen molar-refractivity contribution < 1.29 is 14.3 Å². The summed E-state index contributed by atoms with van der Waals surface area (Å²) in [4.78, 5) is 23.7. The molecule has 0 radical (unpaired) electrons.